The summed E-state index contributed by atoms with van der Waals surface area (Å²) in [5, 5.41) is 0.526. The summed E-state index contributed by atoms with van der Waals surface area (Å²) in [7, 11) is 0. The van der Waals surface area contributed by atoms with Crippen LogP contribution in [0, 0.1) is 5.92 Å². The molecule has 1 heteroatoms. The largest absolute Gasteiger partial charge is 0.176 e. The van der Waals surface area contributed by atoms with E-state index in [0.717, 1.165) is 19.3 Å². The van der Waals surface area contributed by atoms with Crippen LogP contribution in [0.1, 0.15) is 53.4 Å². The van der Waals surface area contributed by atoms with Gasteiger partial charge < -0.3 is 0 Å². The summed E-state index contributed by atoms with van der Waals surface area (Å²) in [5.41, 5.74) is 1.46. The molecule has 0 radical (unpaired) electrons. The Labute approximate surface area is 101 Å². The third-order valence-corrected chi connectivity index (χ3v) is 3.33. The van der Waals surface area contributed by atoms with Crippen LogP contribution in [0.3, 0.4) is 0 Å². The molecule has 0 bridgehead atoms. The molecule has 0 aliphatic rings. The fraction of sp³-hybridized carbons (Fsp3) is 0.714. The van der Waals surface area contributed by atoms with E-state index in [9.17, 15) is 0 Å². The van der Waals surface area contributed by atoms with Crippen molar-refractivity contribution in [2.75, 3.05) is 0 Å². The highest BCUT2D eigenvalue weighted by molar-refractivity contribution is 7.80. The Bertz CT molecular complexity index is 203. The van der Waals surface area contributed by atoms with Crippen molar-refractivity contribution in [2.24, 2.45) is 5.92 Å². The van der Waals surface area contributed by atoms with Crippen molar-refractivity contribution in [2.45, 2.75) is 58.6 Å². The monoisotopic (exact) mass is 226 g/mol. The van der Waals surface area contributed by atoms with Gasteiger partial charge in [0.2, 0.25) is 0 Å². The lowest BCUT2D eigenvalue weighted by Gasteiger charge is -2.04. The summed E-state index contributed by atoms with van der Waals surface area (Å²) < 4.78 is 0. The summed E-state index contributed by atoms with van der Waals surface area (Å²) in [6.45, 7) is 8.88. The second kappa shape index (κ2) is 9.08. The fourth-order valence-electron chi connectivity index (χ4n) is 1.21. The number of rotatable bonds is 7. The molecule has 0 rings (SSSR count). The molecule has 0 aliphatic heterocycles. The Morgan fingerprint density at radius 1 is 1.27 bits per heavy atom. The lowest BCUT2D eigenvalue weighted by molar-refractivity contribution is 0.696. The van der Waals surface area contributed by atoms with Crippen molar-refractivity contribution < 1.29 is 0 Å². The topological polar surface area (TPSA) is 0 Å². The minimum Gasteiger partial charge on any atom is -0.176 e. The van der Waals surface area contributed by atoms with Crippen LogP contribution >= 0.6 is 12.6 Å². The fourth-order valence-corrected chi connectivity index (χ4v) is 1.31. The molecule has 0 aromatic carbocycles. The molecule has 15 heavy (non-hydrogen) atoms. The van der Waals surface area contributed by atoms with Gasteiger partial charge in [-0.15, -0.1) is 0 Å². The first kappa shape index (κ1) is 14.8. The molecule has 0 nitrogen and oxygen atoms in total. The van der Waals surface area contributed by atoms with Gasteiger partial charge >= 0.3 is 0 Å². The third-order valence-electron chi connectivity index (χ3n) is 2.76. The standard InChI is InChI=1S/C14H26S/c1-5-12(3)8-7-9-13(4)10-11-14(15)6-2/h7-8,10,12,14-15H,5-6,9,11H2,1-4H3/b8-7-,13-10+/t12-,14?/m0/s1. The van der Waals surface area contributed by atoms with Crippen molar-refractivity contribution in [1.82, 2.24) is 0 Å². The van der Waals surface area contributed by atoms with E-state index in [1.165, 1.54) is 12.0 Å². The minimum absolute atomic E-state index is 0.526. The number of hydrogen-bond donors (Lipinski definition) is 1. The molecule has 0 aromatic rings. The van der Waals surface area contributed by atoms with Crippen molar-refractivity contribution in [1.29, 1.82) is 0 Å². The molecular weight excluding hydrogens is 200 g/mol. The Hall–Kier alpha value is -0.170. The number of thiol groups is 1. The van der Waals surface area contributed by atoms with E-state index in [4.69, 9.17) is 0 Å². The van der Waals surface area contributed by atoms with E-state index in [2.05, 4.69) is 58.6 Å². The van der Waals surface area contributed by atoms with Crippen LogP contribution < -0.4 is 0 Å². The average molecular weight is 226 g/mol. The van der Waals surface area contributed by atoms with Crippen molar-refractivity contribution >= 4 is 12.6 Å². The predicted octanol–water partition coefficient (Wildman–Crippen LogP) is 5.02. The second-order valence-electron chi connectivity index (χ2n) is 4.37. The quantitative estimate of drug-likeness (QED) is 0.457. The Balaban J connectivity index is 3.82. The van der Waals surface area contributed by atoms with E-state index in [-0.39, 0.29) is 0 Å². The van der Waals surface area contributed by atoms with Gasteiger partial charge in [0.05, 0.1) is 0 Å². The van der Waals surface area contributed by atoms with Crippen LogP contribution in [-0.4, -0.2) is 5.25 Å². The van der Waals surface area contributed by atoms with Crippen LogP contribution in [0.25, 0.3) is 0 Å². The van der Waals surface area contributed by atoms with Gasteiger partial charge in [0, 0.05) is 5.25 Å². The normalized spacial score (nSPS) is 17.0. The van der Waals surface area contributed by atoms with Crippen LogP contribution in [0.4, 0.5) is 0 Å². The first-order valence-corrected chi connectivity index (χ1v) is 6.62. The maximum atomic E-state index is 4.48. The highest BCUT2D eigenvalue weighted by Crippen LogP contribution is 2.11. The van der Waals surface area contributed by atoms with Crippen LogP contribution in [-0.2, 0) is 0 Å². The zero-order valence-electron chi connectivity index (χ0n) is 10.7. The molecule has 0 amide bonds. The smallest absolute Gasteiger partial charge is 0.00487 e. The maximum absolute atomic E-state index is 4.48. The summed E-state index contributed by atoms with van der Waals surface area (Å²) in [6.07, 6.45) is 11.5. The average Bonchev–Trinajstić information content (AvgIpc) is 2.25. The molecule has 0 fully saturated rings. The molecule has 0 spiro atoms. The molecule has 0 N–H and O–H groups in total. The van der Waals surface area contributed by atoms with Gasteiger partial charge in [0.1, 0.15) is 0 Å². The van der Waals surface area contributed by atoms with Gasteiger partial charge in [-0.1, -0.05) is 51.0 Å². The first-order chi connectivity index (χ1) is 7.10. The molecule has 88 valence electrons. The highest BCUT2D eigenvalue weighted by atomic mass is 32.1. The van der Waals surface area contributed by atoms with Crippen molar-refractivity contribution in [3.05, 3.63) is 23.8 Å². The van der Waals surface area contributed by atoms with Gasteiger partial charge in [0.15, 0.2) is 0 Å². The van der Waals surface area contributed by atoms with E-state index in [0.29, 0.717) is 11.2 Å². The Morgan fingerprint density at radius 2 is 1.93 bits per heavy atom. The molecule has 0 saturated carbocycles. The van der Waals surface area contributed by atoms with E-state index >= 15 is 0 Å². The zero-order chi connectivity index (χ0) is 11.7. The van der Waals surface area contributed by atoms with Gasteiger partial charge in [-0.25, -0.2) is 0 Å². The molecule has 2 atom stereocenters. The lowest BCUT2D eigenvalue weighted by Crippen LogP contribution is -1.93. The van der Waals surface area contributed by atoms with E-state index < -0.39 is 0 Å². The number of hydrogen-bond acceptors (Lipinski definition) is 1. The second-order valence-corrected chi connectivity index (χ2v) is 5.10. The molecule has 0 aliphatic carbocycles. The lowest BCUT2D eigenvalue weighted by atomic mass is 10.1. The summed E-state index contributed by atoms with van der Waals surface area (Å²) >= 11 is 4.48. The van der Waals surface area contributed by atoms with Crippen LogP contribution in [0.5, 0.6) is 0 Å². The Kier molecular flexibility index (Phi) is 8.98. The van der Waals surface area contributed by atoms with E-state index in [1.807, 2.05) is 0 Å². The highest BCUT2D eigenvalue weighted by Gasteiger charge is 1.96. The van der Waals surface area contributed by atoms with E-state index in [1.54, 1.807) is 0 Å². The third kappa shape index (κ3) is 8.80. The molecule has 0 saturated heterocycles. The van der Waals surface area contributed by atoms with Gasteiger partial charge in [-0.05, 0) is 32.1 Å². The van der Waals surface area contributed by atoms with Gasteiger partial charge in [-0.2, -0.15) is 12.6 Å². The Morgan fingerprint density at radius 3 is 2.47 bits per heavy atom. The maximum Gasteiger partial charge on any atom is 0.00487 e. The van der Waals surface area contributed by atoms with Crippen molar-refractivity contribution in [3.8, 4) is 0 Å². The van der Waals surface area contributed by atoms with Crippen LogP contribution in [0.2, 0.25) is 0 Å². The van der Waals surface area contributed by atoms with Crippen molar-refractivity contribution in [3.63, 3.8) is 0 Å². The molecular formula is C14H26S. The SMILES string of the molecule is CCC(S)C/C=C(\C)C/C=C\[C@@H](C)CC. The first-order valence-electron chi connectivity index (χ1n) is 6.10. The summed E-state index contributed by atoms with van der Waals surface area (Å²) in [6, 6.07) is 0. The van der Waals surface area contributed by atoms with Crippen LogP contribution in [0.15, 0.2) is 23.8 Å². The summed E-state index contributed by atoms with van der Waals surface area (Å²) in [4.78, 5) is 0. The molecule has 0 aromatic heterocycles. The predicted molar refractivity (Wildman–Crippen MR) is 74.7 cm³/mol. The summed E-state index contributed by atoms with van der Waals surface area (Å²) in [5.74, 6) is 0.714. The van der Waals surface area contributed by atoms with Gasteiger partial charge in [0.25, 0.3) is 0 Å². The van der Waals surface area contributed by atoms with Gasteiger partial charge in [-0.3, -0.25) is 0 Å². The minimum atomic E-state index is 0.526. The number of allylic oxidation sites excluding steroid dienone is 4. The zero-order valence-corrected chi connectivity index (χ0v) is 11.6. The molecule has 0 heterocycles. The molecule has 1 unspecified atom stereocenters.